The van der Waals surface area contributed by atoms with Gasteiger partial charge in [-0.3, -0.25) is 20.1 Å². The van der Waals surface area contributed by atoms with Gasteiger partial charge in [0, 0.05) is 43.3 Å². The van der Waals surface area contributed by atoms with Crippen LogP contribution >= 0.6 is 0 Å². The first-order chi connectivity index (χ1) is 18.0. The summed E-state index contributed by atoms with van der Waals surface area (Å²) in [6.45, 7) is 4.52. The van der Waals surface area contributed by atoms with Crippen LogP contribution in [0.3, 0.4) is 0 Å². The van der Waals surface area contributed by atoms with Crippen molar-refractivity contribution in [1.29, 1.82) is 0 Å². The monoisotopic (exact) mass is 506 g/mol. The summed E-state index contributed by atoms with van der Waals surface area (Å²) in [6, 6.07) is 0.951. The molecule has 1 aliphatic carbocycles. The van der Waals surface area contributed by atoms with Crippen molar-refractivity contribution in [2.24, 2.45) is 5.41 Å². The molecule has 0 saturated carbocycles. The van der Waals surface area contributed by atoms with Crippen LogP contribution in [0.1, 0.15) is 18.9 Å². The lowest BCUT2D eigenvalue weighted by Gasteiger charge is -2.59. The van der Waals surface area contributed by atoms with E-state index in [4.69, 9.17) is 9.47 Å². The van der Waals surface area contributed by atoms with Crippen molar-refractivity contribution in [3.8, 4) is 11.3 Å². The second kappa shape index (κ2) is 8.22. The molecule has 10 nitrogen and oxygen atoms in total. The van der Waals surface area contributed by atoms with Crippen molar-refractivity contribution >= 4 is 23.3 Å². The molecule has 1 spiro atoms. The zero-order valence-electron chi connectivity index (χ0n) is 20.4. The van der Waals surface area contributed by atoms with Gasteiger partial charge in [-0.05, 0) is 31.4 Å². The van der Waals surface area contributed by atoms with Crippen molar-refractivity contribution in [3.05, 3.63) is 47.8 Å². The van der Waals surface area contributed by atoms with Gasteiger partial charge in [0.25, 0.3) is 0 Å². The average Bonchev–Trinajstić information content (AvgIpc) is 2.90. The molecular weight excluding hydrogens is 479 g/mol. The normalized spacial score (nSPS) is 30.4. The number of carbonyl (C=O) groups is 2. The van der Waals surface area contributed by atoms with E-state index >= 15 is 4.39 Å². The van der Waals surface area contributed by atoms with E-state index in [1.165, 1.54) is 0 Å². The Morgan fingerprint density at radius 1 is 1.16 bits per heavy atom. The molecule has 7 rings (SSSR count). The molecule has 3 fully saturated rings. The number of nitrogens with zero attached hydrogens (tertiary/aromatic N) is 4. The maximum atomic E-state index is 16.9. The predicted molar refractivity (Wildman–Crippen MR) is 131 cm³/mol. The van der Waals surface area contributed by atoms with E-state index in [0.29, 0.717) is 73.2 Å². The van der Waals surface area contributed by atoms with Gasteiger partial charge in [0.2, 0.25) is 5.91 Å². The molecular formula is C26H27FN6O4. The SMILES string of the molecule is C[C@H]1CN2c3c(cc(-c4cnccn4)c(N4CCOCC4)c3F)CC34C(=O)NC(=O)NC3=CC[C@@H](O1)[C@H]24. The highest BCUT2D eigenvalue weighted by Gasteiger charge is 2.63. The summed E-state index contributed by atoms with van der Waals surface area (Å²) in [5, 5.41) is 5.34. The molecule has 5 heterocycles. The van der Waals surface area contributed by atoms with Crippen LogP contribution in [-0.4, -0.2) is 73.0 Å². The topological polar surface area (TPSA) is 109 Å². The van der Waals surface area contributed by atoms with Crippen molar-refractivity contribution in [2.45, 2.75) is 38.0 Å². The van der Waals surface area contributed by atoms with Gasteiger partial charge in [-0.1, -0.05) is 6.08 Å². The highest BCUT2D eigenvalue weighted by Crippen LogP contribution is 2.55. The Morgan fingerprint density at radius 2 is 2.00 bits per heavy atom. The molecule has 2 aromatic rings. The van der Waals surface area contributed by atoms with E-state index in [2.05, 4.69) is 20.6 Å². The van der Waals surface area contributed by atoms with Crippen LogP contribution in [0.5, 0.6) is 0 Å². The highest BCUT2D eigenvalue weighted by atomic mass is 19.1. The Bertz CT molecular complexity index is 1330. The largest absolute Gasteiger partial charge is 0.378 e. The standard InChI is InChI=1S/C26H27FN6O4/c1-14-13-33-21-15(11-26-19(30-25(35)31-24(26)34)3-2-18(37-14)23(26)33)10-16(17-12-28-4-5-29-17)22(20(21)27)32-6-8-36-9-7-32/h3-5,10,12,14,18,23H,2,6-9,11,13H2,1H3,(H2,30,31,34,35)/t14-,18+,23-,26?/m0/s1. The third kappa shape index (κ3) is 3.23. The number of urea groups is 1. The van der Waals surface area contributed by atoms with Crippen molar-refractivity contribution in [3.63, 3.8) is 0 Å². The number of hydrogen-bond donors (Lipinski definition) is 2. The number of ether oxygens (including phenoxy) is 2. The number of anilines is 2. The summed E-state index contributed by atoms with van der Waals surface area (Å²) >= 11 is 0. The van der Waals surface area contributed by atoms with E-state index in [-0.39, 0.29) is 30.4 Å². The molecule has 11 heteroatoms. The van der Waals surface area contributed by atoms with Crippen LogP contribution in [0, 0.1) is 11.2 Å². The highest BCUT2D eigenvalue weighted by molar-refractivity contribution is 6.05. The summed E-state index contributed by atoms with van der Waals surface area (Å²) in [4.78, 5) is 38.6. The average molecular weight is 507 g/mol. The molecule has 0 bridgehead atoms. The van der Waals surface area contributed by atoms with Gasteiger partial charge in [-0.25, -0.2) is 9.18 Å². The van der Waals surface area contributed by atoms with E-state index < -0.39 is 17.5 Å². The number of carbonyl (C=O) groups excluding carboxylic acids is 2. The number of aromatic nitrogens is 2. The number of benzene rings is 1. The number of amides is 3. The van der Waals surface area contributed by atoms with E-state index in [9.17, 15) is 9.59 Å². The Kier molecular flexibility index (Phi) is 5.02. The van der Waals surface area contributed by atoms with Crippen LogP contribution in [-0.2, 0) is 20.7 Å². The molecule has 192 valence electrons. The summed E-state index contributed by atoms with van der Waals surface area (Å²) in [6.07, 6.45) is 6.97. The summed E-state index contributed by atoms with van der Waals surface area (Å²) in [7, 11) is 0. The fourth-order valence-electron chi connectivity index (χ4n) is 6.81. The van der Waals surface area contributed by atoms with Crippen LogP contribution in [0.25, 0.3) is 11.3 Å². The molecule has 5 aliphatic rings. The maximum Gasteiger partial charge on any atom is 0.325 e. The van der Waals surface area contributed by atoms with Gasteiger partial charge >= 0.3 is 6.03 Å². The van der Waals surface area contributed by atoms with Gasteiger partial charge in [-0.15, -0.1) is 0 Å². The van der Waals surface area contributed by atoms with Crippen molar-refractivity contribution in [1.82, 2.24) is 20.6 Å². The molecule has 37 heavy (non-hydrogen) atoms. The van der Waals surface area contributed by atoms with E-state index in [1.54, 1.807) is 18.6 Å². The second-order valence-corrected chi connectivity index (χ2v) is 10.3. The fourth-order valence-corrected chi connectivity index (χ4v) is 6.81. The molecule has 1 aromatic carbocycles. The first kappa shape index (κ1) is 22.6. The minimum absolute atomic E-state index is 0.161. The second-order valence-electron chi connectivity index (χ2n) is 10.3. The van der Waals surface area contributed by atoms with Crippen LogP contribution in [0.4, 0.5) is 20.6 Å². The van der Waals surface area contributed by atoms with Gasteiger partial charge in [0.1, 0.15) is 5.41 Å². The number of fused-ring (bicyclic) bond motifs is 2. The molecule has 1 aromatic heterocycles. The molecule has 4 aliphatic heterocycles. The molecule has 1 unspecified atom stereocenters. The van der Waals surface area contributed by atoms with Gasteiger partial charge < -0.3 is 24.6 Å². The van der Waals surface area contributed by atoms with Crippen molar-refractivity contribution in [2.75, 3.05) is 42.6 Å². The van der Waals surface area contributed by atoms with Gasteiger partial charge in [-0.2, -0.15) is 0 Å². The quantitative estimate of drug-likeness (QED) is 0.634. The minimum Gasteiger partial charge on any atom is -0.378 e. The lowest BCUT2D eigenvalue weighted by atomic mass is 9.62. The molecule has 4 atom stereocenters. The summed E-state index contributed by atoms with van der Waals surface area (Å²) < 4.78 is 28.8. The minimum atomic E-state index is -1.10. The molecule has 3 amide bonds. The third-order valence-corrected chi connectivity index (χ3v) is 8.19. The van der Waals surface area contributed by atoms with Crippen LogP contribution < -0.4 is 20.4 Å². The zero-order valence-corrected chi connectivity index (χ0v) is 20.4. The first-order valence-corrected chi connectivity index (χ1v) is 12.7. The van der Waals surface area contributed by atoms with Crippen LogP contribution in [0.15, 0.2) is 36.4 Å². The van der Waals surface area contributed by atoms with E-state index in [0.717, 1.165) is 0 Å². The van der Waals surface area contributed by atoms with Crippen molar-refractivity contribution < 1.29 is 23.5 Å². The summed E-state index contributed by atoms with van der Waals surface area (Å²) in [5.74, 6) is -0.719. The Morgan fingerprint density at radius 3 is 2.78 bits per heavy atom. The Labute approximate surface area is 212 Å². The lowest BCUT2D eigenvalue weighted by molar-refractivity contribution is -0.138. The predicted octanol–water partition coefficient (Wildman–Crippen LogP) is 1.75. The number of hydrogen-bond acceptors (Lipinski definition) is 8. The fraction of sp³-hybridized carbons (Fsp3) is 0.462. The van der Waals surface area contributed by atoms with Gasteiger partial charge in [0.15, 0.2) is 5.82 Å². The molecule has 2 N–H and O–H groups in total. The number of nitrogens with one attached hydrogen (secondary N) is 2. The van der Waals surface area contributed by atoms with Crippen LogP contribution in [0.2, 0.25) is 0 Å². The third-order valence-electron chi connectivity index (χ3n) is 8.19. The number of imide groups is 1. The molecule has 0 radical (unpaired) electrons. The first-order valence-electron chi connectivity index (χ1n) is 12.7. The number of rotatable bonds is 2. The summed E-state index contributed by atoms with van der Waals surface area (Å²) in [5.41, 5.74) is 2.31. The smallest absolute Gasteiger partial charge is 0.325 e. The Balaban J connectivity index is 1.48. The van der Waals surface area contributed by atoms with E-state index in [1.807, 2.05) is 28.9 Å². The number of halogens is 1. The van der Waals surface area contributed by atoms with Gasteiger partial charge in [0.05, 0.1) is 54.7 Å². The molecule has 3 saturated heterocycles. The zero-order chi connectivity index (χ0) is 25.3. The Hall–Kier alpha value is -3.57. The number of morpholine rings is 2. The lowest BCUT2D eigenvalue weighted by Crippen LogP contribution is -2.74. The maximum absolute atomic E-state index is 16.9.